The Morgan fingerprint density at radius 3 is 2.41 bits per heavy atom. The summed E-state index contributed by atoms with van der Waals surface area (Å²) in [6, 6.07) is 0. The average Bonchev–Trinajstić information content (AvgIpc) is 3.06. The summed E-state index contributed by atoms with van der Waals surface area (Å²) < 4.78 is 11.1. The fourth-order valence-electron chi connectivity index (χ4n) is 2.88. The topological polar surface area (TPSA) is 42.1 Å². The molecule has 0 aromatic heterocycles. The summed E-state index contributed by atoms with van der Waals surface area (Å²) in [4.78, 5) is 14.1. The normalized spacial score (nSPS) is 33.9. The van der Waals surface area contributed by atoms with Gasteiger partial charge in [0.25, 0.3) is 0 Å². The van der Waals surface area contributed by atoms with Crippen molar-refractivity contribution in [3.8, 4) is 0 Å². The van der Waals surface area contributed by atoms with E-state index in [2.05, 4.69) is 0 Å². The van der Waals surface area contributed by atoms with Crippen molar-refractivity contribution in [2.24, 2.45) is 0 Å². The van der Waals surface area contributed by atoms with Gasteiger partial charge in [0.1, 0.15) is 5.60 Å². The Labute approximate surface area is 102 Å². The van der Waals surface area contributed by atoms with Gasteiger partial charge in [-0.05, 0) is 40.0 Å². The molecule has 17 heavy (non-hydrogen) atoms. The summed E-state index contributed by atoms with van der Waals surface area (Å²) in [6.07, 6.45) is 4.05. The van der Waals surface area contributed by atoms with Gasteiger partial charge in [-0.3, -0.25) is 0 Å². The number of epoxide rings is 1. The molecular weight excluding hydrogens is 218 g/mol. The molecule has 4 heteroatoms. The Bertz CT molecular complexity index is 350. The van der Waals surface area contributed by atoms with Crippen LogP contribution in [0.1, 0.15) is 46.5 Å². The van der Waals surface area contributed by atoms with Gasteiger partial charge in [0.2, 0.25) is 0 Å². The number of nitrogens with zero attached hydrogens (tertiary/aromatic N) is 1. The third kappa shape index (κ3) is 2.03. The summed E-state index contributed by atoms with van der Waals surface area (Å²) in [5.74, 6) is 0. The van der Waals surface area contributed by atoms with E-state index in [4.69, 9.17) is 9.47 Å². The van der Waals surface area contributed by atoms with E-state index in [1.54, 1.807) is 0 Å². The molecule has 0 aromatic carbocycles. The SMILES string of the molecule is CC(C)(C)OC(=O)N1CCC2(CO2)CC12CC2. The molecule has 1 saturated carbocycles. The lowest BCUT2D eigenvalue weighted by atomic mass is 9.89. The molecule has 3 aliphatic rings. The van der Waals surface area contributed by atoms with Crippen LogP contribution in [-0.2, 0) is 9.47 Å². The summed E-state index contributed by atoms with van der Waals surface area (Å²) in [5, 5.41) is 0. The highest BCUT2D eigenvalue weighted by Gasteiger charge is 2.63. The molecule has 2 spiro atoms. The van der Waals surface area contributed by atoms with Crippen molar-refractivity contribution in [2.75, 3.05) is 13.2 Å². The standard InChI is InChI=1S/C13H21NO3/c1-11(2,3)17-10(15)14-7-6-13(9-16-13)8-12(14)4-5-12/h4-9H2,1-3H3. The van der Waals surface area contributed by atoms with Crippen LogP contribution in [0.5, 0.6) is 0 Å². The highest BCUT2D eigenvalue weighted by Crippen LogP contribution is 2.56. The van der Waals surface area contributed by atoms with E-state index in [1.165, 1.54) is 0 Å². The van der Waals surface area contributed by atoms with Gasteiger partial charge in [-0.25, -0.2) is 4.79 Å². The number of likely N-dealkylation sites (tertiary alicyclic amines) is 1. The minimum Gasteiger partial charge on any atom is -0.444 e. The van der Waals surface area contributed by atoms with Crippen molar-refractivity contribution in [2.45, 2.75) is 63.2 Å². The Hall–Kier alpha value is -0.770. The average molecular weight is 239 g/mol. The Balaban J connectivity index is 1.69. The number of rotatable bonds is 0. The molecule has 0 bridgehead atoms. The van der Waals surface area contributed by atoms with Gasteiger partial charge >= 0.3 is 6.09 Å². The highest BCUT2D eigenvalue weighted by molar-refractivity contribution is 5.70. The summed E-state index contributed by atoms with van der Waals surface area (Å²) in [7, 11) is 0. The van der Waals surface area contributed by atoms with Gasteiger partial charge in [0.05, 0.1) is 12.2 Å². The predicted molar refractivity (Wildman–Crippen MR) is 62.8 cm³/mol. The molecule has 0 N–H and O–H groups in total. The fraction of sp³-hybridized carbons (Fsp3) is 0.923. The molecule has 4 nitrogen and oxygen atoms in total. The first kappa shape index (κ1) is 11.3. The van der Waals surface area contributed by atoms with Gasteiger partial charge in [-0.1, -0.05) is 0 Å². The van der Waals surface area contributed by atoms with Crippen LogP contribution < -0.4 is 0 Å². The van der Waals surface area contributed by atoms with E-state index in [0.29, 0.717) is 0 Å². The first-order chi connectivity index (χ1) is 7.84. The molecule has 3 fully saturated rings. The van der Waals surface area contributed by atoms with Crippen LogP contribution >= 0.6 is 0 Å². The number of carbonyl (C=O) groups is 1. The lowest BCUT2D eigenvalue weighted by molar-refractivity contribution is -0.00352. The van der Waals surface area contributed by atoms with E-state index in [9.17, 15) is 4.79 Å². The highest BCUT2D eigenvalue weighted by atomic mass is 16.6. The van der Waals surface area contributed by atoms with E-state index >= 15 is 0 Å². The van der Waals surface area contributed by atoms with Crippen molar-refractivity contribution in [3.63, 3.8) is 0 Å². The molecule has 1 aliphatic carbocycles. The van der Waals surface area contributed by atoms with Gasteiger partial charge in [-0.15, -0.1) is 0 Å². The van der Waals surface area contributed by atoms with Crippen LogP contribution in [0.2, 0.25) is 0 Å². The third-order valence-electron chi connectivity index (χ3n) is 4.01. The summed E-state index contributed by atoms with van der Waals surface area (Å²) in [6.45, 7) is 7.42. The fourth-order valence-corrected chi connectivity index (χ4v) is 2.88. The molecule has 3 rings (SSSR count). The van der Waals surface area contributed by atoms with Gasteiger partial charge in [0, 0.05) is 18.5 Å². The number of piperidine rings is 1. The van der Waals surface area contributed by atoms with E-state index in [1.807, 2.05) is 25.7 Å². The molecule has 1 amide bonds. The van der Waals surface area contributed by atoms with Crippen LogP contribution in [0.15, 0.2) is 0 Å². The zero-order valence-corrected chi connectivity index (χ0v) is 10.9. The van der Waals surface area contributed by atoms with E-state index in [-0.39, 0.29) is 17.2 Å². The number of amides is 1. The Morgan fingerprint density at radius 1 is 1.29 bits per heavy atom. The van der Waals surface area contributed by atoms with Gasteiger partial charge < -0.3 is 14.4 Å². The van der Waals surface area contributed by atoms with Crippen molar-refractivity contribution in [1.29, 1.82) is 0 Å². The Morgan fingerprint density at radius 2 is 1.94 bits per heavy atom. The maximum Gasteiger partial charge on any atom is 0.410 e. The molecule has 2 aliphatic heterocycles. The molecule has 1 unspecified atom stereocenters. The van der Waals surface area contributed by atoms with Crippen LogP contribution in [0, 0.1) is 0 Å². The molecule has 2 heterocycles. The quantitative estimate of drug-likeness (QED) is 0.609. The van der Waals surface area contributed by atoms with Crippen LogP contribution in [0.4, 0.5) is 4.79 Å². The minimum absolute atomic E-state index is 0.0666. The van der Waals surface area contributed by atoms with Crippen LogP contribution in [-0.4, -0.2) is 40.9 Å². The van der Waals surface area contributed by atoms with Crippen LogP contribution in [0.3, 0.4) is 0 Å². The lowest BCUT2D eigenvalue weighted by Gasteiger charge is -2.39. The smallest absolute Gasteiger partial charge is 0.410 e. The largest absolute Gasteiger partial charge is 0.444 e. The van der Waals surface area contributed by atoms with Crippen molar-refractivity contribution in [3.05, 3.63) is 0 Å². The zero-order chi connectivity index (χ0) is 12.3. The van der Waals surface area contributed by atoms with Crippen LogP contribution in [0.25, 0.3) is 0 Å². The third-order valence-corrected chi connectivity index (χ3v) is 4.01. The van der Waals surface area contributed by atoms with Crippen molar-refractivity contribution < 1.29 is 14.3 Å². The molecular formula is C13H21NO3. The molecule has 0 radical (unpaired) electrons. The van der Waals surface area contributed by atoms with E-state index < -0.39 is 5.60 Å². The van der Waals surface area contributed by atoms with Crippen molar-refractivity contribution in [1.82, 2.24) is 4.90 Å². The second-order valence-electron chi connectivity index (χ2n) is 6.75. The second kappa shape index (κ2) is 3.16. The predicted octanol–water partition coefficient (Wildman–Crippen LogP) is 2.32. The molecule has 2 saturated heterocycles. The monoisotopic (exact) mass is 239 g/mol. The zero-order valence-electron chi connectivity index (χ0n) is 10.9. The second-order valence-corrected chi connectivity index (χ2v) is 6.75. The number of hydrogen-bond acceptors (Lipinski definition) is 3. The molecule has 1 atom stereocenters. The Kier molecular flexibility index (Phi) is 2.11. The van der Waals surface area contributed by atoms with Crippen molar-refractivity contribution >= 4 is 6.09 Å². The number of ether oxygens (including phenoxy) is 2. The first-order valence-electron chi connectivity index (χ1n) is 6.49. The summed E-state index contributed by atoms with van der Waals surface area (Å²) >= 11 is 0. The minimum atomic E-state index is -0.404. The molecule has 0 aromatic rings. The molecule has 96 valence electrons. The van der Waals surface area contributed by atoms with Gasteiger partial charge in [-0.2, -0.15) is 0 Å². The first-order valence-corrected chi connectivity index (χ1v) is 6.49. The lowest BCUT2D eigenvalue weighted by Crippen LogP contribution is -2.52. The number of carbonyl (C=O) groups excluding carboxylic acids is 1. The van der Waals surface area contributed by atoms with E-state index in [0.717, 1.165) is 38.8 Å². The van der Waals surface area contributed by atoms with Gasteiger partial charge in [0.15, 0.2) is 0 Å². The maximum absolute atomic E-state index is 12.2. The maximum atomic E-state index is 12.2. The number of hydrogen-bond donors (Lipinski definition) is 0. The summed E-state index contributed by atoms with van der Waals surface area (Å²) in [5.41, 5.74) is -0.218.